The van der Waals surface area contributed by atoms with Gasteiger partial charge in [-0.25, -0.2) is 0 Å². The van der Waals surface area contributed by atoms with E-state index >= 15 is 0 Å². The molecule has 3 aliphatic carbocycles. The maximum atomic E-state index is 12.4. The van der Waals surface area contributed by atoms with Crippen molar-refractivity contribution < 1.29 is 28.7 Å². The standard InChI is InChI=1S/C19H14O6/c1-19-7-9(8-5-3-2-4-6-8)10(11-13(19)17(22)24-15(11)20)12-14(19)18(23)25-16(12)21/h2-7,10-14H,1H3/t10?,11-,12+,13+,14-,19?. The molecule has 1 saturated carbocycles. The van der Waals surface area contributed by atoms with Crippen molar-refractivity contribution in [2.75, 3.05) is 0 Å². The molecule has 3 fully saturated rings. The molecule has 2 bridgehead atoms. The van der Waals surface area contributed by atoms with Crippen LogP contribution in [0.5, 0.6) is 0 Å². The van der Waals surface area contributed by atoms with Crippen molar-refractivity contribution in [1.29, 1.82) is 0 Å². The Labute approximate surface area is 142 Å². The number of ether oxygens (including phenoxy) is 2. The molecule has 6 rings (SSSR count). The number of hydrogen-bond donors (Lipinski definition) is 0. The summed E-state index contributed by atoms with van der Waals surface area (Å²) in [5.74, 6) is -6.05. The van der Waals surface area contributed by atoms with Crippen molar-refractivity contribution in [3.05, 3.63) is 42.0 Å². The van der Waals surface area contributed by atoms with Crippen molar-refractivity contribution in [3.63, 3.8) is 0 Å². The van der Waals surface area contributed by atoms with Crippen LogP contribution in [0.1, 0.15) is 12.5 Å². The van der Waals surface area contributed by atoms with Gasteiger partial charge < -0.3 is 9.47 Å². The molecular weight excluding hydrogens is 324 g/mol. The molecule has 6 nitrogen and oxygen atoms in total. The van der Waals surface area contributed by atoms with Gasteiger partial charge in [-0.05, 0) is 11.1 Å². The smallest absolute Gasteiger partial charge is 0.318 e. The van der Waals surface area contributed by atoms with Gasteiger partial charge >= 0.3 is 23.9 Å². The molecule has 6 heteroatoms. The Morgan fingerprint density at radius 3 is 1.80 bits per heavy atom. The Bertz CT molecular complexity index is 840. The first-order chi connectivity index (χ1) is 11.9. The van der Waals surface area contributed by atoms with Crippen LogP contribution < -0.4 is 0 Å². The molecule has 5 aliphatic rings. The fourth-order valence-electron chi connectivity index (χ4n) is 5.34. The van der Waals surface area contributed by atoms with Gasteiger partial charge in [-0.3, -0.25) is 19.2 Å². The summed E-state index contributed by atoms with van der Waals surface area (Å²) in [6.07, 6.45) is 1.88. The van der Waals surface area contributed by atoms with E-state index in [1.54, 1.807) is 6.92 Å². The first-order valence-corrected chi connectivity index (χ1v) is 8.23. The van der Waals surface area contributed by atoms with Gasteiger partial charge in [-0.1, -0.05) is 43.3 Å². The van der Waals surface area contributed by atoms with E-state index in [0.717, 1.165) is 11.1 Å². The summed E-state index contributed by atoms with van der Waals surface area (Å²) in [6, 6.07) is 9.39. The van der Waals surface area contributed by atoms with Crippen LogP contribution in [0.15, 0.2) is 36.4 Å². The van der Waals surface area contributed by atoms with E-state index in [1.807, 2.05) is 36.4 Å². The highest BCUT2D eigenvalue weighted by molar-refractivity contribution is 6.06. The number of carbonyl (C=O) groups excluding carboxylic acids is 4. The van der Waals surface area contributed by atoms with Crippen LogP contribution in [-0.2, 0) is 28.7 Å². The van der Waals surface area contributed by atoms with E-state index in [1.165, 1.54) is 0 Å². The SMILES string of the molecule is CC12C=C(c3ccccc3)C([C@H]3C(=O)OC(=O)[C@H]31)[C@@H]1C(=O)OC(=O)[C@@H]12. The molecule has 0 amide bonds. The average Bonchev–Trinajstić information content (AvgIpc) is 3.07. The van der Waals surface area contributed by atoms with Gasteiger partial charge in [-0.15, -0.1) is 0 Å². The molecule has 2 saturated heterocycles. The van der Waals surface area contributed by atoms with E-state index < -0.39 is 58.9 Å². The van der Waals surface area contributed by atoms with Gasteiger partial charge in [0.2, 0.25) is 0 Å². The topological polar surface area (TPSA) is 86.7 Å². The summed E-state index contributed by atoms with van der Waals surface area (Å²) in [4.78, 5) is 49.4. The summed E-state index contributed by atoms with van der Waals surface area (Å²) in [5.41, 5.74) is 0.695. The lowest BCUT2D eigenvalue weighted by Gasteiger charge is -2.52. The molecule has 126 valence electrons. The lowest BCUT2D eigenvalue weighted by Crippen LogP contribution is -2.57. The normalized spacial score (nSPS) is 41.2. The van der Waals surface area contributed by atoms with Crippen molar-refractivity contribution >= 4 is 29.5 Å². The Balaban J connectivity index is 1.79. The second-order valence-electron chi connectivity index (χ2n) is 7.34. The molecule has 0 radical (unpaired) electrons. The van der Waals surface area contributed by atoms with E-state index in [9.17, 15) is 19.2 Å². The summed E-state index contributed by atoms with van der Waals surface area (Å²) in [5, 5.41) is 0. The van der Waals surface area contributed by atoms with Crippen LogP contribution >= 0.6 is 0 Å². The molecule has 25 heavy (non-hydrogen) atoms. The van der Waals surface area contributed by atoms with E-state index in [0.29, 0.717) is 0 Å². The number of benzene rings is 1. The molecule has 1 aromatic carbocycles. The quantitative estimate of drug-likeness (QED) is 0.567. The molecule has 0 spiro atoms. The maximum absolute atomic E-state index is 12.4. The predicted molar refractivity (Wildman–Crippen MR) is 82.2 cm³/mol. The average molecular weight is 338 g/mol. The number of carbonyl (C=O) groups is 4. The summed E-state index contributed by atoms with van der Waals surface area (Å²) < 4.78 is 9.80. The second-order valence-corrected chi connectivity index (χ2v) is 7.34. The van der Waals surface area contributed by atoms with Crippen molar-refractivity contribution in [2.24, 2.45) is 35.0 Å². The largest absolute Gasteiger partial charge is 0.393 e. The Kier molecular flexibility index (Phi) is 2.59. The van der Waals surface area contributed by atoms with Gasteiger partial charge in [-0.2, -0.15) is 0 Å². The Hall–Kier alpha value is -2.76. The Morgan fingerprint density at radius 1 is 0.760 bits per heavy atom. The van der Waals surface area contributed by atoms with Crippen LogP contribution in [0.3, 0.4) is 0 Å². The van der Waals surface area contributed by atoms with Crippen LogP contribution in [0, 0.1) is 35.0 Å². The zero-order chi connectivity index (χ0) is 17.5. The number of allylic oxidation sites excluding steroid dienone is 2. The molecule has 0 N–H and O–H groups in total. The Morgan fingerprint density at radius 2 is 1.28 bits per heavy atom. The lowest BCUT2D eigenvalue weighted by atomic mass is 9.45. The molecular formula is C19H14O6. The number of hydrogen-bond acceptors (Lipinski definition) is 6. The minimum absolute atomic E-state index is 0.586. The zero-order valence-electron chi connectivity index (χ0n) is 13.3. The second kappa shape index (κ2) is 4.45. The third-order valence-electron chi connectivity index (χ3n) is 6.22. The summed E-state index contributed by atoms with van der Waals surface area (Å²) >= 11 is 0. The van der Waals surface area contributed by atoms with Gasteiger partial charge in [0.05, 0.1) is 23.7 Å². The zero-order valence-corrected chi connectivity index (χ0v) is 13.3. The van der Waals surface area contributed by atoms with Crippen LogP contribution in [0.4, 0.5) is 0 Å². The minimum Gasteiger partial charge on any atom is -0.393 e. The van der Waals surface area contributed by atoms with Crippen LogP contribution in [0.2, 0.25) is 0 Å². The highest BCUT2D eigenvalue weighted by atomic mass is 16.6. The molecule has 0 aromatic heterocycles. The van der Waals surface area contributed by atoms with Crippen LogP contribution in [-0.4, -0.2) is 23.9 Å². The van der Waals surface area contributed by atoms with Crippen molar-refractivity contribution in [2.45, 2.75) is 6.92 Å². The third kappa shape index (κ3) is 1.59. The fourth-order valence-corrected chi connectivity index (χ4v) is 5.34. The predicted octanol–water partition coefficient (Wildman–Crippen LogP) is 1.35. The first kappa shape index (κ1) is 14.6. The number of cyclic esters (lactones) is 4. The van der Waals surface area contributed by atoms with Gasteiger partial charge in [0, 0.05) is 11.3 Å². The van der Waals surface area contributed by atoms with Gasteiger partial charge in [0.1, 0.15) is 0 Å². The first-order valence-electron chi connectivity index (χ1n) is 8.23. The monoisotopic (exact) mass is 338 g/mol. The fraction of sp³-hybridized carbons (Fsp3) is 0.368. The summed E-state index contributed by atoms with van der Waals surface area (Å²) in [7, 11) is 0. The molecule has 1 aromatic rings. The number of rotatable bonds is 1. The van der Waals surface area contributed by atoms with Gasteiger partial charge in [0.25, 0.3) is 0 Å². The van der Waals surface area contributed by atoms with Gasteiger partial charge in [0.15, 0.2) is 0 Å². The highest BCUT2D eigenvalue weighted by Gasteiger charge is 2.74. The minimum atomic E-state index is -0.984. The molecule has 6 atom stereocenters. The lowest BCUT2D eigenvalue weighted by molar-refractivity contribution is -0.154. The van der Waals surface area contributed by atoms with Crippen molar-refractivity contribution in [3.8, 4) is 0 Å². The van der Waals surface area contributed by atoms with E-state index in [4.69, 9.17) is 9.47 Å². The van der Waals surface area contributed by atoms with Crippen molar-refractivity contribution in [1.82, 2.24) is 0 Å². The number of esters is 4. The molecule has 2 heterocycles. The summed E-state index contributed by atoms with van der Waals surface area (Å²) in [6.45, 7) is 1.75. The highest BCUT2D eigenvalue weighted by Crippen LogP contribution is 2.66. The third-order valence-corrected chi connectivity index (χ3v) is 6.22. The van der Waals surface area contributed by atoms with E-state index in [2.05, 4.69) is 0 Å². The van der Waals surface area contributed by atoms with E-state index in [-0.39, 0.29) is 0 Å². The molecule has 2 aliphatic heterocycles. The maximum Gasteiger partial charge on any atom is 0.318 e. The van der Waals surface area contributed by atoms with Crippen LogP contribution in [0.25, 0.3) is 5.57 Å². The molecule has 2 unspecified atom stereocenters.